The van der Waals surface area contributed by atoms with E-state index in [4.69, 9.17) is 9.31 Å². The van der Waals surface area contributed by atoms with Crippen LogP contribution in [0.25, 0.3) is 11.1 Å². The molecule has 0 unspecified atom stereocenters. The van der Waals surface area contributed by atoms with Crippen molar-refractivity contribution < 1.29 is 14.1 Å². The van der Waals surface area contributed by atoms with Crippen LogP contribution in [0.15, 0.2) is 55.0 Å². The molecule has 6 nitrogen and oxygen atoms in total. The van der Waals surface area contributed by atoms with Crippen molar-refractivity contribution in [2.24, 2.45) is 0 Å². The molecule has 1 aliphatic heterocycles. The van der Waals surface area contributed by atoms with Gasteiger partial charge in [-0.15, -0.1) is 0 Å². The van der Waals surface area contributed by atoms with Gasteiger partial charge in [0.15, 0.2) is 0 Å². The quantitative estimate of drug-likeness (QED) is 0.523. The van der Waals surface area contributed by atoms with E-state index in [2.05, 4.69) is 36.1 Å². The predicted molar refractivity (Wildman–Crippen MR) is 141 cm³/mol. The summed E-state index contributed by atoms with van der Waals surface area (Å²) in [5.41, 5.74) is 5.05. The van der Waals surface area contributed by atoms with Crippen molar-refractivity contribution in [3.8, 4) is 11.1 Å². The highest BCUT2D eigenvalue weighted by atomic mass is 16.7. The average Bonchev–Trinajstić information content (AvgIpc) is 3.01. The van der Waals surface area contributed by atoms with Gasteiger partial charge in [-0.3, -0.25) is 14.8 Å². The van der Waals surface area contributed by atoms with Crippen LogP contribution in [0.2, 0.25) is 0 Å². The van der Waals surface area contributed by atoms with Crippen LogP contribution in [-0.4, -0.2) is 34.2 Å². The highest BCUT2D eigenvalue weighted by Gasteiger charge is 2.51. The molecule has 182 valence electrons. The molecule has 7 heteroatoms. The number of aromatic nitrogens is 2. The van der Waals surface area contributed by atoms with Crippen LogP contribution in [0.4, 0.5) is 5.69 Å². The molecule has 2 aromatic heterocycles. The maximum absolute atomic E-state index is 13.0. The Labute approximate surface area is 208 Å². The maximum Gasteiger partial charge on any atom is 0.496 e. The van der Waals surface area contributed by atoms with Crippen molar-refractivity contribution in [2.45, 2.75) is 72.0 Å². The molecule has 1 fully saturated rings. The summed E-state index contributed by atoms with van der Waals surface area (Å²) in [5, 5.41) is 3.03. The fraction of sp³-hybridized carbons (Fsp3) is 0.393. The molecule has 0 saturated carbocycles. The number of benzene rings is 1. The summed E-state index contributed by atoms with van der Waals surface area (Å²) >= 11 is 0. The summed E-state index contributed by atoms with van der Waals surface area (Å²) in [4.78, 5) is 21.9. The van der Waals surface area contributed by atoms with E-state index in [9.17, 15) is 4.79 Å². The fourth-order valence-electron chi connectivity index (χ4n) is 3.91. The van der Waals surface area contributed by atoms with Gasteiger partial charge in [-0.1, -0.05) is 32.9 Å². The number of nitrogens with zero attached hydrogens (tertiary/aromatic N) is 2. The molecule has 0 atom stereocenters. The Kier molecular flexibility index (Phi) is 6.36. The third-order valence-corrected chi connectivity index (χ3v) is 6.88. The molecule has 0 aliphatic carbocycles. The van der Waals surface area contributed by atoms with Gasteiger partial charge >= 0.3 is 7.12 Å². The molecule has 3 aromatic rings. The highest BCUT2D eigenvalue weighted by molar-refractivity contribution is 6.62. The number of nitrogens with one attached hydrogen (secondary N) is 1. The number of hydrogen-bond acceptors (Lipinski definition) is 5. The minimum Gasteiger partial charge on any atom is -0.399 e. The smallest absolute Gasteiger partial charge is 0.399 e. The molecule has 0 spiro atoms. The first-order chi connectivity index (χ1) is 16.3. The van der Waals surface area contributed by atoms with E-state index >= 15 is 0 Å². The molecular formula is C28H34BN3O3. The van der Waals surface area contributed by atoms with Crippen LogP contribution in [0, 0.1) is 6.92 Å². The molecule has 0 bridgehead atoms. The Morgan fingerprint density at radius 3 is 2.31 bits per heavy atom. The first-order valence-corrected chi connectivity index (χ1v) is 12.0. The number of amides is 1. The van der Waals surface area contributed by atoms with Crippen molar-refractivity contribution in [3.05, 3.63) is 71.8 Å². The Bertz CT molecular complexity index is 1250. The summed E-state index contributed by atoms with van der Waals surface area (Å²) < 4.78 is 12.4. The number of pyridine rings is 2. The second-order valence-electron chi connectivity index (χ2n) is 11.3. The minimum absolute atomic E-state index is 0.136. The molecule has 0 radical (unpaired) electrons. The van der Waals surface area contributed by atoms with Crippen LogP contribution < -0.4 is 10.8 Å². The van der Waals surface area contributed by atoms with Crippen molar-refractivity contribution in [1.29, 1.82) is 0 Å². The van der Waals surface area contributed by atoms with Gasteiger partial charge in [0.2, 0.25) is 0 Å². The summed E-state index contributed by atoms with van der Waals surface area (Å²) in [7, 11) is -0.487. The lowest BCUT2D eigenvalue weighted by molar-refractivity contribution is 0.00578. The third-order valence-electron chi connectivity index (χ3n) is 6.88. The molecule has 3 heterocycles. The SMILES string of the molecule is Cc1ccc(NC(=O)c2ccnc(C(C)(C)C)c2)cc1-c1cncc(B2OC(C)(C)C(C)(C)O2)c1. The van der Waals surface area contributed by atoms with Gasteiger partial charge < -0.3 is 14.6 Å². The number of rotatable bonds is 4. The first-order valence-electron chi connectivity index (χ1n) is 12.0. The molecule has 1 aliphatic rings. The Morgan fingerprint density at radius 1 is 0.971 bits per heavy atom. The van der Waals surface area contributed by atoms with E-state index in [1.807, 2.05) is 71.1 Å². The van der Waals surface area contributed by atoms with E-state index in [0.717, 1.165) is 27.8 Å². The van der Waals surface area contributed by atoms with Crippen LogP contribution in [0.3, 0.4) is 0 Å². The Morgan fingerprint density at radius 2 is 1.66 bits per heavy atom. The van der Waals surface area contributed by atoms with E-state index in [0.29, 0.717) is 11.3 Å². The summed E-state index contributed by atoms with van der Waals surface area (Å²) in [5.74, 6) is -0.170. The van der Waals surface area contributed by atoms with Crippen molar-refractivity contribution in [3.63, 3.8) is 0 Å². The fourth-order valence-corrected chi connectivity index (χ4v) is 3.91. The van der Waals surface area contributed by atoms with Gasteiger partial charge in [-0.25, -0.2) is 0 Å². The largest absolute Gasteiger partial charge is 0.496 e. The van der Waals surface area contributed by atoms with E-state index in [-0.39, 0.29) is 11.3 Å². The first kappa shape index (κ1) is 25.1. The lowest BCUT2D eigenvalue weighted by Crippen LogP contribution is -2.41. The Hall–Kier alpha value is -3.03. The maximum atomic E-state index is 13.0. The van der Waals surface area contributed by atoms with E-state index in [1.165, 1.54) is 0 Å². The highest BCUT2D eigenvalue weighted by Crippen LogP contribution is 2.36. The van der Waals surface area contributed by atoms with Gasteiger partial charge in [0.05, 0.1) is 11.2 Å². The molecule has 1 amide bonds. The number of aryl methyl sites for hydroxylation is 1. The van der Waals surface area contributed by atoms with Crippen LogP contribution in [-0.2, 0) is 14.7 Å². The average molecular weight is 471 g/mol. The topological polar surface area (TPSA) is 73.3 Å². The van der Waals surface area contributed by atoms with Crippen LogP contribution in [0.1, 0.15) is 70.1 Å². The van der Waals surface area contributed by atoms with Gasteiger partial charge in [0.25, 0.3) is 5.91 Å². The number of carbonyl (C=O) groups excluding carboxylic acids is 1. The second kappa shape index (κ2) is 8.88. The monoisotopic (exact) mass is 471 g/mol. The Balaban J connectivity index is 1.59. The number of carbonyl (C=O) groups is 1. The van der Waals surface area contributed by atoms with Crippen LogP contribution >= 0.6 is 0 Å². The molecule has 35 heavy (non-hydrogen) atoms. The molecule has 4 rings (SSSR count). The zero-order valence-electron chi connectivity index (χ0n) is 21.9. The summed E-state index contributed by atoms with van der Waals surface area (Å²) in [6.45, 7) is 16.4. The van der Waals surface area contributed by atoms with Gasteiger partial charge in [-0.05, 0) is 75.6 Å². The third kappa shape index (κ3) is 5.16. The summed E-state index contributed by atoms with van der Waals surface area (Å²) in [6.07, 6.45) is 5.28. The minimum atomic E-state index is -0.487. The van der Waals surface area contributed by atoms with Gasteiger partial charge in [0, 0.05) is 46.4 Å². The van der Waals surface area contributed by atoms with Gasteiger partial charge in [0.1, 0.15) is 0 Å². The van der Waals surface area contributed by atoms with Gasteiger partial charge in [-0.2, -0.15) is 0 Å². The van der Waals surface area contributed by atoms with E-state index in [1.54, 1.807) is 18.5 Å². The number of anilines is 1. The molecule has 1 aromatic carbocycles. The zero-order chi connectivity index (χ0) is 25.6. The van der Waals surface area contributed by atoms with Crippen molar-refractivity contribution in [1.82, 2.24) is 9.97 Å². The standard InChI is InChI=1S/C28H34BN3O3/c1-18-9-10-22(32-25(33)19-11-12-31-24(14-19)26(2,3)4)15-23(18)20-13-21(17-30-16-20)29-34-27(5,6)28(7,8)35-29/h9-17H,1-8H3,(H,32,33). The summed E-state index contributed by atoms with van der Waals surface area (Å²) in [6, 6.07) is 11.5. The lowest BCUT2D eigenvalue weighted by Gasteiger charge is -2.32. The molecular weight excluding hydrogens is 437 g/mol. The van der Waals surface area contributed by atoms with Crippen molar-refractivity contribution >= 4 is 24.2 Å². The molecule has 1 saturated heterocycles. The predicted octanol–water partition coefficient (Wildman–Crippen LogP) is 5.30. The second-order valence-corrected chi connectivity index (χ2v) is 11.3. The van der Waals surface area contributed by atoms with E-state index < -0.39 is 18.3 Å². The normalized spacial score (nSPS) is 16.9. The zero-order valence-corrected chi connectivity index (χ0v) is 21.9. The molecule has 1 N–H and O–H groups in total. The lowest BCUT2D eigenvalue weighted by atomic mass is 9.79. The number of hydrogen-bond donors (Lipinski definition) is 1. The van der Waals surface area contributed by atoms with Crippen LogP contribution in [0.5, 0.6) is 0 Å². The van der Waals surface area contributed by atoms with Crippen molar-refractivity contribution in [2.75, 3.05) is 5.32 Å².